The fourth-order valence-electron chi connectivity index (χ4n) is 8.49. The number of nitrogens with zero attached hydrogens (tertiary/aromatic N) is 2. The van der Waals surface area contributed by atoms with Crippen LogP contribution in [0.2, 0.25) is 0 Å². The van der Waals surface area contributed by atoms with Crippen molar-refractivity contribution < 1.29 is 4.42 Å². The zero-order valence-corrected chi connectivity index (χ0v) is 31.9. The van der Waals surface area contributed by atoms with E-state index in [2.05, 4.69) is 176 Å². The average Bonchev–Trinajstić information content (AvgIpc) is 3.86. The molecule has 0 aliphatic carbocycles. The zero-order chi connectivity index (χ0) is 37.9. The Labute approximate surface area is 333 Å². The van der Waals surface area contributed by atoms with Gasteiger partial charge in [0, 0.05) is 54.7 Å². The molecule has 0 aliphatic rings. The molecule has 0 unspecified atom stereocenters. The molecule has 2 aromatic heterocycles. The lowest BCUT2D eigenvalue weighted by atomic mass is 9.94. The van der Waals surface area contributed by atoms with Crippen molar-refractivity contribution in [3.63, 3.8) is 0 Å². The maximum absolute atomic E-state index is 6.60. The van der Waals surface area contributed by atoms with Gasteiger partial charge in [0.25, 0.3) is 0 Å². The van der Waals surface area contributed by atoms with E-state index in [9.17, 15) is 0 Å². The van der Waals surface area contributed by atoms with Gasteiger partial charge in [-0.15, -0.1) is 11.3 Å². The lowest BCUT2D eigenvalue weighted by molar-refractivity contribution is 0.669. The Morgan fingerprint density at radius 1 is 0.474 bits per heavy atom. The lowest BCUT2D eigenvalue weighted by Crippen LogP contribution is -2.09. The van der Waals surface area contributed by atoms with Gasteiger partial charge < -0.3 is 4.42 Å². The van der Waals surface area contributed by atoms with Gasteiger partial charge in [-0.25, -0.2) is 4.99 Å². The maximum Gasteiger partial charge on any atom is 0.155 e. The number of fused-ring (bicyclic) bond motifs is 8. The highest BCUT2D eigenvalue weighted by molar-refractivity contribution is 7.26. The third kappa shape index (κ3) is 5.56. The first-order valence-electron chi connectivity index (χ1n) is 19.2. The van der Waals surface area contributed by atoms with E-state index < -0.39 is 0 Å². The summed E-state index contributed by atoms with van der Waals surface area (Å²) in [5.41, 5.74) is 10.2. The molecule has 9 aromatic carbocycles. The Morgan fingerprint density at radius 3 is 1.93 bits per heavy atom. The Morgan fingerprint density at radius 2 is 1.09 bits per heavy atom. The number of rotatable bonds is 5. The third-order valence-electron chi connectivity index (χ3n) is 11.2. The van der Waals surface area contributed by atoms with Crippen molar-refractivity contribution in [2.24, 2.45) is 9.98 Å². The van der Waals surface area contributed by atoms with Gasteiger partial charge >= 0.3 is 0 Å². The Kier molecular flexibility index (Phi) is 7.90. The molecule has 0 N–H and O–H groups in total. The van der Waals surface area contributed by atoms with Crippen LogP contribution in [0.25, 0.3) is 85.9 Å². The second kappa shape index (κ2) is 13.6. The monoisotopic (exact) mass is 746 g/mol. The zero-order valence-electron chi connectivity index (χ0n) is 31.1. The van der Waals surface area contributed by atoms with Gasteiger partial charge in [0.05, 0.1) is 5.71 Å². The predicted molar refractivity (Wildman–Crippen MR) is 243 cm³/mol. The highest BCUT2D eigenvalue weighted by Gasteiger charge is 2.21. The first-order chi connectivity index (χ1) is 28.2. The van der Waals surface area contributed by atoms with Gasteiger partial charge in [0.1, 0.15) is 11.2 Å². The van der Waals surface area contributed by atoms with Crippen LogP contribution in [0.1, 0.15) is 16.7 Å². The first kappa shape index (κ1) is 33.2. The van der Waals surface area contributed by atoms with E-state index in [0.717, 1.165) is 55.5 Å². The fraction of sp³-hybridized carbons (Fsp3) is 0.0189. The van der Waals surface area contributed by atoms with Crippen molar-refractivity contribution >= 4 is 86.5 Å². The number of thiophene rings is 1. The average molecular weight is 747 g/mol. The Hall–Kier alpha value is -7.14. The Balaban J connectivity index is 1.10. The molecular weight excluding hydrogens is 713 g/mol. The normalized spacial score (nSPS) is 12.5. The van der Waals surface area contributed by atoms with E-state index in [4.69, 9.17) is 14.4 Å². The van der Waals surface area contributed by atoms with Gasteiger partial charge in [0.15, 0.2) is 5.84 Å². The third-order valence-corrected chi connectivity index (χ3v) is 12.4. The summed E-state index contributed by atoms with van der Waals surface area (Å²) in [6, 6.07) is 66.9. The summed E-state index contributed by atoms with van der Waals surface area (Å²) < 4.78 is 9.07. The molecule has 0 spiro atoms. The summed E-state index contributed by atoms with van der Waals surface area (Å²) in [7, 11) is 1.84. The van der Waals surface area contributed by atoms with Crippen molar-refractivity contribution in [3.05, 3.63) is 205 Å². The maximum atomic E-state index is 6.60. The molecule has 0 amide bonds. The largest absolute Gasteiger partial charge is 0.456 e. The van der Waals surface area contributed by atoms with E-state index in [0.29, 0.717) is 5.84 Å². The number of aliphatic imine (C=N–C) groups is 2. The number of hydrogen-bond donors (Lipinski definition) is 0. The van der Waals surface area contributed by atoms with Crippen LogP contribution in [0.4, 0.5) is 0 Å². The molecule has 0 saturated carbocycles. The van der Waals surface area contributed by atoms with Crippen LogP contribution in [0.3, 0.4) is 0 Å². The summed E-state index contributed by atoms with van der Waals surface area (Å²) in [5, 5.41) is 9.39. The molecule has 57 heavy (non-hydrogen) atoms. The van der Waals surface area contributed by atoms with E-state index in [-0.39, 0.29) is 0 Å². The van der Waals surface area contributed by atoms with E-state index >= 15 is 0 Å². The van der Waals surface area contributed by atoms with Crippen LogP contribution >= 0.6 is 11.3 Å². The molecule has 11 rings (SSSR count). The van der Waals surface area contributed by atoms with Gasteiger partial charge in [-0.05, 0) is 68.1 Å². The summed E-state index contributed by atoms with van der Waals surface area (Å²) in [6.45, 7) is 0. The summed E-state index contributed by atoms with van der Waals surface area (Å²) >= 11 is 1.81. The molecule has 0 fully saturated rings. The van der Waals surface area contributed by atoms with Crippen molar-refractivity contribution in [2.75, 3.05) is 7.05 Å². The highest BCUT2D eigenvalue weighted by Crippen LogP contribution is 2.41. The van der Waals surface area contributed by atoms with Crippen LogP contribution in [0.15, 0.2) is 202 Å². The number of hydrogen-bond acceptors (Lipinski definition) is 3. The molecule has 3 nitrogen and oxygen atoms in total. The van der Waals surface area contributed by atoms with E-state index in [1.165, 1.54) is 52.8 Å². The Bertz CT molecular complexity index is 3420. The van der Waals surface area contributed by atoms with Crippen molar-refractivity contribution in [2.45, 2.75) is 0 Å². The second-order valence-electron chi connectivity index (χ2n) is 14.4. The minimum absolute atomic E-state index is 0.644. The summed E-state index contributed by atoms with van der Waals surface area (Å²) in [4.78, 5) is 10.5. The first-order valence-corrected chi connectivity index (χ1v) is 20.0. The predicted octanol–water partition coefficient (Wildman–Crippen LogP) is 14.5. The summed E-state index contributed by atoms with van der Waals surface area (Å²) in [6.07, 6.45) is 0. The molecule has 11 aromatic rings. The molecular formula is C53H34N2OS. The smallest absolute Gasteiger partial charge is 0.155 e. The minimum Gasteiger partial charge on any atom is -0.456 e. The highest BCUT2D eigenvalue weighted by atomic mass is 32.1. The molecule has 268 valence electrons. The van der Waals surface area contributed by atoms with Crippen LogP contribution in [0, 0.1) is 0 Å². The molecule has 0 radical (unpaired) electrons. The lowest BCUT2D eigenvalue weighted by Gasteiger charge is -2.13. The molecule has 0 saturated heterocycles. The minimum atomic E-state index is 0.644. The van der Waals surface area contributed by atoms with Gasteiger partial charge in [-0.2, -0.15) is 0 Å². The van der Waals surface area contributed by atoms with Crippen LogP contribution in [-0.4, -0.2) is 18.6 Å². The second-order valence-corrected chi connectivity index (χ2v) is 15.5. The molecule has 4 heteroatoms. The van der Waals surface area contributed by atoms with Crippen molar-refractivity contribution in [3.8, 4) is 22.3 Å². The number of benzene rings is 9. The number of furan rings is 1. The van der Waals surface area contributed by atoms with Crippen LogP contribution in [-0.2, 0) is 0 Å². The molecule has 2 heterocycles. The van der Waals surface area contributed by atoms with Crippen molar-refractivity contribution in [1.82, 2.24) is 0 Å². The van der Waals surface area contributed by atoms with Gasteiger partial charge in [-0.3, -0.25) is 4.99 Å². The topological polar surface area (TPSA) is 37.9 Å². The van der Waals surface area contributed by atoms with Gasteiger partial charge in [-0.1, -0.05) is 164 Å². The fourth-order valence-corrected chi connectivity index (χ4v) is 9.70. The van der Waals surface area contributed by atoms with Gasteiger partial charge in [0.2, 0.25) is 0 Å². The molecule has 0 atom stereocenters. The molecule has 0 bridgehead atoms. The van der Waals surface area contributed by atoms with E-state index in [1.54, 1.807) is 0 Å². The SMILES string of the molecule is CN=C(N=C(c1ccc2ccccc2c1)c1cccc2c1sc1ccccc12)c1cccc2oc3cccc(-c4ccc(-c5cccc6ccccc56)cc4)c3c12. The number of amidine groups is 1. The van der Waals surface area contributed by atoms with Crippen LogP contribution < -0.4 is 0 Å². The molecule has 0 aliphatic heterocycles. The van der Waals surface area contributed by atoms with Crippen molar-refractivity contribution in [1.29, 1.82) is 0 Å². The standard InChI is InChI=1S/C53H34N2OS/c1-54-53(55-51(38-31-26-33-12-2-3-14-37(33)32-38)45-22-9-20-43-42-17-6-7-25-48(42)57-52(43)45)44-21-11-24-47-50(44)49-41(19-10-23-46(49)56-47)36-29-27-35(28-30-36)40-18-8-15-34-13-4-5-16-39(34)40/h2-32H,1H3. The van der Waals surface area contributed by atoms with Crippen LogP contribution in [0.5, 0.6) is 0 Å². The van der Waals surface area contributed by atoms with E-state index in [1.807, 2.05) is 30.5 Å². The quantitative estimate of drug-likeness (QED) is 0.128. The summed E-state index contributed by atoms with van der Waals surface area (Å²) in [5.74, 6) is 0.644.